The van der Waals surface area contributed by atoms with Gasteiger partial charge in [-0.25, -0.2) is 0 Å². The molecular formula is C30H31N5O5. The van der Waals surface area contributed by atoms with Crippen LogP contribution in [-0.2, 0) is 11.3 Å². The van der Waals surface area contributed by atoms with Crippen molar-refractivity contribution in [1.29, 1.82) is 5.26 Å². The van der Waals surface area contributed by atoms with E-state index in [2.05, 4.69) is 10.6 Å². The highest BCUT2D eigenvalue weighted by molar-refractivity contribution is 6.01. The van der Waals surface area contributed by atoms with Crippen molar-refractivity contribution < 1.29 is 19.2 Å². The summed E-state index contributed by atoms with van der Waals surface area (Å²) in [5, 5.41) is 27.8. The van der Waals surface area contributed by atoms with Gasteiger partial charge in [-0.1, -0.05) is 25.3 Å². The Morgan fingerprint density at radius 2 is 1.90 bits per heavy atom. The number of ether oxygens (including phenoxy) is 2. The van der Waals surface area contributed by atoms with Crippen molar-refractivity contribution in [3.05, 3.63) is 80.7 Å². The Labute approximate surface area is 232 Å². The molecule has 10 nitrogen and oxygen atoms in total. The fourth-order valence-corrected chi connectivity index (χ4v) is 5.36. The number of nitriles is 1. The third-order valence-electron chi connectivity index (χ3n) is 7.43. The van der Waals surface area contributed by atoms with Crippen LogP contribution in [0.4, 0.5) is 11.4 Å². The number of rotatable bonds is 8. The van der Waals surface area contributed by atoms with Crippen LogP contribution in [-0.4, -0.2) is 28.2 Å². The van der Waals surface area contributed by atoms with Crippen molar-refractivity contribution >= 4 is 23.4 Å². The molecule has 1 aromatic heterocycles. The zero-order valence-corrected chi connectivity index (χ0v) is 22.5. The van der Waals surface area contributed by atoms with Gasteiger partial charge in [0.25, 0.3) is 11.6 Å². The molecule has 1 aliphatic heterocycles. The molecule has 1 aliphatic carbocycles. The second kappa shape index (κ2) is 11.5. The van der Waals surface area contributed by atoms with Gasteiger partial charge in [-0.2, -0.15) is 5.26 Å². The Kier molecular flexibility index (Phi) is 7.73. The van der Waals surface area contributed by atoms with E-state index in [1.807, 2.05) is 42.7 Å². The number of nitrogens with zero attached hydrogens (tertiary/aromatic N) is 3. The number of nitrogens with one attached hydrogen (secondary N) is 2. The third kappa shape index (κ3) is 5.64. The highest BCUT2D eigenvalue weighted by atomic mass is 16.7. The van der Waals surface area contributed by atoms with Crippen LogP contribution in [0.1, 0.15) is 54.6 Å². The number of hydrogen-bond acceptors (Lipinski definition) is 7. The number of carbonyl (C=O) groups excluding carboxylic acids is 1. The van der Waals surface area contributed by atoms with Crippen LogP contribution in [0.2, 0.25) is 0 Å². The molecule has 0 saturated heterocycles. The van der Waals surface area contributed by atoms with E-state index in [1.165, 1.54) is 6.42 Å². The van der Waals surface area contributed by atoms with E-state index in [0.717, 1.165) is 42.6 Å². The number of aromatic nitrogens is 1. The number of aryl methyl sites for hydroxylation is 1. The zero-order valence-electron chi connectivity index (χ0n) is 22.5. The van der Waals surface area contributed by atoms with Crippen molar-refractivity contribution in [3.63, 3.8) is 0 Å². The lowest BCUT2D eigenvalue weighted by Crippen LogP contribution is -2.23. The molecule has 206 valence electrons. The average Bonchev–Trinajstić information content (AvgIpc) is 3.54. The maximum absolute atomic E-state index is 12.8. The van der Waals surface area contributed by atoms with Gasteiger partial charge in [0.1, 0.15) is 17.3 Å². The third-order valence-corrected chi connectivity index (χ3v) is 7.43. The number of carbonyl (C=O) groups is 1. The van der Waals surface area contributed by atoms with Gasteiger partial charge in [0.05, 0.1) is 10.6 Å². The lowest BCUT2D eigenvalue weighted by Gasteiger charge is -2.24. The van der Waals surface area contributed by atoms with Crippen molar-refractivity contribution in [3.8, 4) is 23.3 Å². The maximum atomic E-state index is 12.8. The summed E-state index contributed by atoms with van der Waals surface area (Å²) < 4.78 is 12.6. The summed E-state index contributed by atoms with van der Waals surface area (Å²) in [6.07, 6.45) is 7.02. The molecule has 5 rings (SSSR count). The van der Waals surface area contributed by atoms with Crippen molar-refractivity contribution in [2.24, 2.45) is 0 Å². The van der Waals surface area contributed by atoms with Gasteiger partial charge in [-0.15, -0.1) is 0 Å². The van der Waals surface area contributed by atoms with Gasteiger partial charge in [0, 0.05) is 30.0 Å². The lowest BCUT2D eigenvalue weighted by molar-refractivity contribution is -0.384. The Morgan fingerprint density at radius 1 is 1.12 bits per heavy atom. The fraction of sp³-hybridized carbons (Fsp3) is 0.333. The minimum Gasteiger partial charge on any atom is -0.454 e. The number of hydrogen-bond donors (Lipinski definition) is 2. The van der Waals surface area contributed by atoms with Crippen LogP contribution in [0, 0.1) is 35.3 Å². The Bertz CT molecular complexity index is 1530. The predicted molar refractivity (Wildman–Crippen MR) is 150 cm³/mol. The number of fused-ring (bicyclic) bond motifs is 1. The van der Waals surface area contributed by atoms with Crippen molar-refractivity contribution in [1.82, 2.24) is 9.88 Å². The average molecular weight is 542 g/mol. The van der Waals surface area contributed by atoms with E-state index in [4.69, 9.17) is 9.47 Å². The minimum absolute atomic E-state index is 0.0216. The summed E-state index contributed by atoms with van der Waals surface area (Å²) in [4.78, 5) is 24.4. The molecule has 1 amide bonds. The smallest absolute Gasteiger partial charge is 0.294 e. The normalized spacial score (nSPS) is 15.0. The monoisotopic (exact) mass is 541 g/mol. The van der Waals surface area contributed by atoms with E-state index < -0.39 is 5.91 Å². The number of benzene rings is 2. The highest BCUT2D eigenvalue weighted by Gasteiger charge is 2.22. The molecule has 1 saturated carbocycles. The topological polar surface area (TPSA) is 131 Å². The molecule has 1 fully saturated rings. The largest absolute Gasteiger partial charge is 0.454 e. The Hall–Kier alpha value is -4.78. The first-order valence-corrected chi connectivity index (χ1v) is 13.4. The summed E-state index contributed by atoms with van der Waals surface area (Å²) in [5.41, 5.74) is 4.22. The molecule has 0 spiro atoms. The molecule has 2 aliphatic rings. The highest BCUT2D eigenvalue weighted by Crippen LogP contribution is 2.33. The van der Waals surface area contributed by atoms with Gasteiger partial charge in [-0.3, -0.25) is 14.9 Å². The van der Waals surface area contributed by atoms with Gasteiger partial charge in [-0.05, 0) is 74.2 Å². The summed E-state index contributed by atoms with van der Waals surface area (Å²) >= 11 is 0. The quantitative estimate of drug-likeness (QED) is 0.162. The number of nitro benzene ring substituents is 1. The fourth-order valence-electron chi connectivity index (χ4n) is 5.36. The molecule has 10 heteroatoms. The van der Waals surface area contributed by atoms with Crippen LogP contribution in [0.5, 0.6) is 11.5 Å². The predicted octanol–water partition coefficient (Wildman–Crippen LogP) is 5.70. The van der Waals surface area contributed by atoms with Gasteiger partial charge < -0.3 is 24.7 Å². The van der Waals surface area contributed by atoms with Crippen LogP contribution in [0.25, 0.3) is 11.8 Å². The first-order chi connectivity index (χ1) is 19.3. The molecule has 2 heterocycles. The van der Waals surface area contributed by atoms with E-state index in [9.17, 15) is 20.2 Å². The van der Waals surface area contributed by atoms with E-state index >= 15 is 0 Å². The number of nitro groups is 1. The van der Waals surface area contributed by atoms with Crippen molar-refractivity contribution in [2.75, 3.05) is 12.1 Å². The summed E-state index contributed by atoms with van der Waals surface area (Å²) in [7, 11) is 0. The van der Waals surface area contributed by atoms with Crippen molar-refractivity contribution in [2.45, 2.75) is 58.5 Å². The molecule has 0 bridgehead atoms. The summed E-state index contributed by atoms with van der Waals surface area (Å²) in [5.74, 6) is 0.774. The SMILES string of the molecule is Cc1cc(/C=C(\C#N)C(=O)NCc2ccc3c(c2)OCO3)c(C)n1-c1ccc(NC2CCCCC2)c([N+](=O)[O-])c1. The Morgan fingerprint density at radius 3 is 2.65 bits per heavy atom. The van der Waals surface area contributed by atoms with Crippen LogP contribution in [0.15, 0.2) is 48.0 Å². The molecule has 2 N–H and O–H groups in total. The maximum Gasteiger partial charge on any atom is 0.294 e. The van der Waals surface area contributed by atoms with Crippen LogP contribution < -0.4 is 20.1 Å². The first-order valence-electron chi connectivity index (χ1n) is 13.4. The second-order valence-electron chi connectivity index (χ2n) is 10.1. The summed E-state index contributed by atoms with van der Waals surface area (Å²) in [6.45, 7) is 4.13. The summed E-state index contributed by atoms with van der Waals surface area (Å²) in [6, 6.07) is 14.7. The van der Waals surface area contributed by atoms with E-state index in [1.54, 1.807) is 30.3 Å². The zero-order chi connectivity index (χ0) is 28.2. The minimum atomic E-state index is -0.501. The van der Waals surface area contributed by atoms with E-state index in [-0.39, 0.29) is 35.6 Å². The van der Waals surface area contributed by atoms with Gasteiger partial charge >= 0.3 is 0 Å². The lowest BCUT2D eigenvalue weighted by atomic mass is 9.95. The first kappa shape index (κ1) is 26.8. The van der Waals surface area contributed by atoms with E-state index in [0.29, 0.717) is 28.4 Å². The molecule has 0 radical (unpaired) electrons. The molecule has 0 atom stereocenters. The molecule has 2 aromatic carbocycles. The molecule has 0 unspecified atom stereocenters. The molecule has 40 heavy (non-hydrogen) atoms. The second-order valence-corrected chi connectivity index (χ2v) is 10.1. The number of amides is 1. The van der Waals surface area contributed by atoms with Crippen LogP contribution >= 0.6 is 0 Å². The standard InChI is InChI=1S/C30H31N5O5/c1-19-12-22(14-23(16-31)30(36)32-17-21-8-11-28-29(13-21)40-18-39-28)20(2)34(19)25-9-10-26(27(15-25)35(37)38)33-24-6-4-3-5-7-24/h8-15,24,33H,3-7,17-18H2,1-2H3,(H,32,36)/b23-14+. The molecule has 3 aromatic rings. The van der Waals surface area contributed by atoms with Gasteiger partial charge in [0.15, 0.2) is 11.5 Å². The molecular weight excluding hydrogens is 510 g/mol. The Balaban J connectivity index is 1.35. The number of anilines is 1. The van der Waals surface area contributed by atoms with Gasteiger partial charge in [0.2, 0.25) is 6.79 Å². The van der Waals surface area contributed by atoms with Crippen LogP contribution in [0.3, 0.4) is 0 Å².